The van der Waals surface area contributed by atoms with Crippen molar-refractivity contribution in [3.05, 3.63) is 88.4 Å². The third kappa shape index (κ3) is 3.80. The number of hydrogen-bond donors (Lipinski definition) is 1. The van der Waals surface area contributed by atoms with Crippen molar-refractivity contribution < 1.29 is 27.8 Å². The Bertz CT molecular complexity index is 1260. The van der Waals surface area contributed by atoms with Gasteiger partial charge < -0.3 is 9.84 Å². The first kappa shape index (κ1) is 23.8. The van der Waals surface area contributed by atoms with Crippen LogP contribution >= 0.6 is 23.2 Å². The standard InChI is InChI=1S/C25H19Cl2F3N2O3/c26-17-5-9-19(10-6-17)31-22(33)32(20-11-7-18(27)8-12-20)24(34,23(31)13-2-14-23)16-3-1-4-21(15-16)35-25(28,29)30/h1,3-12,15,34H,2,13-14H2. The van der Waals surface area contributed by atoms with Crippen LogP contribution in [-0.4, -0.2) is 23.0 Å². The fourth-order valence-electron chi connectivity index (χ4n) is 5.01. The molecule has 1 saturated carbocycles. The van der Waals surface area contributed by atoms with Gasteiger partial charge in [-0.3, -0.25) is 9.80 Å². The van der Waals surface area contributed by atoms with Gasteiger partial charge in [-0.25, -0.2) is 4.79 Å². The quantitative estimate of drug-likeness (QED) is 0.397. The van der Waals surface area contributed by atoms with Gasteiger partial charge in [0.1, 0.15) is 11.3 Å². The third-order valence-corrected chi connectivity index (χ3v) is 7.11. The van der Waals surface area contributed by atoms with Gasteiger partial charge in [0.2, 0.25) is 0 Å². The second-order valence-electron chi connectivity index (χ2n) is 8.54. The Kier molecular flexibility index (Phi) is 5.66. The van der Waals surface area contributed by atoms with E-state index in [1.165, 1.54) is 21.9 Å². The lowest BCUT2D eigenvalue weighted by atomic mass is 9.66. The van der Waals surface area contributed by atoms with E-state index in [1.54, 1.807) is 48.5 Å². The summed E-state index contributed by atoms with van der Waals surface area (Å²) in [4.78, 5) is 16.7. The molecule has 1 saturated heterocycles. The fourth-order valence-corrected chi connectivity index (χ4v) is 5.26. The molecule has 2 amide bonds. The predicted molar refractivity (Wildman–Crippen MR) is 127 cm³/mol. The predicted octanol–water partition coefficient (Wildman–Crippen LogP) is 7.11. The Morgan fingerprint density at radius 3 is 1.89 bits per heavy atom. The molecule has 3 aromatic carbocycles. The molecule has 35 heavy (non-hydrogen) atoms. The first-order valence-electron chi connectivity index (χ1n) is 10.8. The van der Waals surface area contributed by atoms with Gasteiger partial charge in [0.15, 0.2) is 5.72 Å². The van der Waals surface area contributed by atoms with Gasteiger partial charge in [-0.05, 0) is 79.9 Å². The van der Waals surface area contributed by atoms with Gasteiger partial charge in [-0.2, -0.15) is 0 Å². The number of carbonyl (C=O) groups excluding carboxylic acids is 1. The molecule has 1 aliphatic carbocycles. The summed E-state index contributed by atoms with van der Waals surface area (Å²) in [5.74, 6) is -0.494. The monoisotopic (exact) mass is 522 g/mol. The molecule has 182 valence electrons. The van der Waals surface area contributed by atoms with Crippen molar-refractivity contribution in [2.24, 2.45) is 0 Å². The summed E-state index contributed by atoms with van der Waals surface area (Å²) in [6, 6.07) is 17.5. The maximum Gasteiger partial charge on any atom is 0.573 e. The molecule has 1 heterocycles. The molecule has 1 atom stereocenters. The van der Waals surface area contributed by atoms with Crippen molar-refractivity contribution in [2.75, 3.05) is 9.80 Å². The number of urea groups is 1. The lowest BCUT2D eigenvalue weighted by Gasteiger charge is -2.52. The Hall–Kier alpha value is -2.94. The van der Waals surface area contributed by atoms with Gasteiger partial charge >= 0.3 is 12.4 Å². The van der Waals surface area contributed by atoms with Crippen LogP contribution in [0.25, 0.3) is 0 Å². The zero-order valence-corrected chi connectivity index (χ0v) is 19.6. The molecule has 10 heteroatoms. The summed E-state index contributed by atoms with van der Waals surface area (Å²) in [5, 5.41) is 13.4. The molecule has 5 rings (SSSR count). The molecule has 1 N–H and O–H groups in total. The number of amides is 2. The van der Waals surface area contributed by atoms with Crippen LogP contribution in [0.3, 0.4) is 0 Å². The molecule has 2 fully saturated rings. The fraction of sp³-hybridized carbons (Fsp3) is 0.240. The van der Waals surface area contributed by atoms with E-state index in [0.29, 0.717) is 40.7 Å². The van der Waals surface area contributed by atoms with Crippen LogP contribution in [0.1, 0.15) is 24.8 Å². The van der Waals surface area contributed by atoms with E-state index in [-0.39, 0.29) is 5.56 Å². The summed E-state index contributed by atoms with van der Waals surface area (Å²) in [5.41, 5.74) is -2.21. The Morgan fingerprint density at radius 1 is 0.857 bits per heavy atom. The van der Waals surface area contributed by atoms with E-state index >= 15 is 0 Å². The van der Waals surface area contributed by atoms with Crippen molar-refractivity contribution in [2.45, 2.75) is 36.9 Å². The molecule has 1 unspecified atom stereocenters. The molecule has 5 nitrogen and oxygen atoms in total. The summed E-state index contributed by atoms with van der Waals surface area (Å²) in [7, 11) is 0. The molecule has 1 aliphatic heterocycles. The molecule has 0 aromatic heterocycles. The largest absolute Gasteiger partial charge is 0.573 e. The molecule has 1 spiro atoms. The topological polar surface area (TPSA) is 53.0 Å². The van der Waals surface area contributed by atoms with Crippen molar-refractivity contribution in [1.82, 2.24) is 0 Å². The van der Waals surface area contributed by atoms with Crippen LogP contribution in [0.2, 0.25) is 10.0 Å². The summed E-state index contributed by atoms with van der Waals surface area (Å²) in [6.45, 7) is 0. The highest BCUT2D eigenvalue weighted by Crippen LogP contribution is 2.59. The van der Waals surface area contributed by atoms with Gasteiger partial charge in [0.05, 0.1) is 0 Å². The van der Waals surface area contributed by atoms with E-state index < -0.39 is 29.4 Å². The number of rotatable bonds is 4. The van der Waals surface area contributed by atoms with E-state index in [9.17, 15) is 23.1 Å². The van der Waals surface area contributed by atoms with Crippen molar-refractivity contribution in [3.63, 3.8) is 0 Å². The number of ether oxygens (including phenoxy) is 1. The van der Waals surface area contributed by atoms with Gasteiger partial charge in [-0.1, -0.05) is 35.3 Å². The average molecular weight is 523 g/mol. The lowest BCUT2D eigenvalue weighted by molar-refractivity contribution is -0.274. The third-order valence-electron chi connectivity index (χ3n) is 6.60. The number of benzene rings is 3. The Labute approximate surface area is 209 Å². The summed E-state index contributed by atoms with van der Waals surface area (Å²) in [6.07, 6.45) is -3.35. The normalized spacial score (nSPS) is 21.4. The summed E-state index contributed by atoms with van der Waals surface area (Å²) >= 11 is 12.1. The number of hydrogen-bond acceptors (Lipinski definition) is 3. The Balaban J connectivity index is 1.72. The van der Waals surface area contributed by atoms with E-state index in [4.69, 9.17) is 23.2 Å². The van der Waals surface area contributed by atoms with Gasteiger partial charge in [0.25, 0.3) is 0 Å². The minimum Gasteiger partial charge on any atom is -0.406 e. The molecule has 3 aromatic rings. The number of anilines is 2. The molecule has 0 radical (unpaired) electrons. The van der Waals surface area contributed by atoms with Crippen LogP contribution < -0.4 is 14.5 Å². The zero-order chi connectivity index (χ0) is 25.0. The number of aliphatic hydroxyl groups is 1. The van der Waals surface area contributed by atoms with E-state index in [1.807, 2.05) is 0 Å². The average Bonchev–Trinajstić information content (AvgIpc) is 2.99. The lowest BCUT2D eigenvalue weighted by Crippen LogP contribution is -2.63. The van der Waals surface area contributed by atoms with Crippen molar-refractivity contribution >= 4 is 40.6 Å². The minimum atomic E-state index is -4.91. The van der Waals surface area contributed by atoms with Crippen LogP contribution in [0.4, 0.5) is 29.3 Å². The molecular formula is C25H19Cl2F3N2O3. The van der Waals surface area contributed by atoms with Crippen LogP contribution in [0.15, 0.2) is 72.8 Å². The second kappa shape index (κ2) is 8.33. The zero-order valence-electron chi connectivity index (χ0n) is 18.1. The van der Waals surface area contributed by atoms with Crippen molar-refractivity contribution in [1.29, 1.82) is 0 Å². The van der Waals surface area contributed by atoms with Crippen LogP contribution in [-0.2, 0) is 5.72 Å². The van der Waals surface area contributed by atoms with Gasteiger partial charge in [0, 0.05) is 27.0 Å². The minimum absolute atomic E-state index is 0.0960. The molecule has 2 aliphatic rings. The molecular weight excluding hydrogens is 504 g/mol. The highest BCUT2D eigenvalue weighted by atomic mass is 35.5. The summed E-state index contributed by atoms with van der Waals surface area (Å²) < 4.78 is 43.0. The van der Waals surface area contributed by atoms with Gasteiger partial charge in [-0.15, -0.1) is 13.2 Å². The highest BCUT2D eigenvalue weighted by molar-refractivity contribution is 6.31. The van der Waals surface area contributed by atoms with E-state index in [2.05, 4.69) is 4.74 Å². The second-order valence-corrected chi connectivity index (χ2v) is 9.41. The Morgan fingerprint density at radius 2 is 1.40 bits per heavy atom. The van der Waals surface area contributed by atoms with E-state index in [0.717, 1.165) is 12.1 Å². The van der Waals surface area contributed by atoms with Crippen molar-refractivity contribution in [3.8, 4) is 5.75 Å². The number of carbonyl (C=O) groups is 1. The highest BCUT2D eigenvalue weighted by Gasteiger charge is 2.70. The first-order valence-corrected chi connectivity index (χ1v) is 11.5. The molecule has 0 bridgehead atoms. The SMILES string of the molecule is O=C1N(c2ccc(Cl)cc2)C2(CCC2)C(O)(c2cccc(OC(F)(F)F)c2)N1c1ccc(Cl)cc1. The number of nitrogens with zero attached hydrogens (tertiary/aromatic N) is 2. The smallest absolute Gasteiger partial charge is 0.406 e. The van der Waals surface area contributed by atoms with Crippen LogP contribution in [0, 0.1) is 0 Å². The maximum absolute atomic E-state index is 14.0. The number of halogens is 5. The maximum atomic E-state index is 14.0. The first-order chi connectivity index (χ1) is 16.5. The van der Waals surface area contributed by atoms with Crippen LogP contribution in [0.5, 0.6) is 5.75 Å². The number of alkyl halides is 3.